The van der Waals surface area contributed by atoms with Crippen LogP contribution in [-0.2, 0) is 4.74 Å². The minimum absolute atomic E-state index is 0.0240. The normalized spacial score (nSPS) is 21.0. The molecule has 2 aromatic rings. The minimum Gasteiger partial charge on any atom is -0.371 e. The highest BCUT2D eigenvalue weighted by Gasteiger charge is 2.30. The highest BCUT2D eigenvalue weighted by molar-refractivity contribution is 5.89. The molecule has 0 spiro atoms. The van der Waals surface area contributed by atoms with Crippen LogP contribution >= 0.6 is 0 Å². The Morgan fingerprint density at radius 2 is 2.05 bits per heavy atom. The van der Waals surface area contributed by atoms with Crippen molar-refractivity contribution in [2.75, 3.05) is 11.9 Å². The molecule has 1 aromatic carbocycles. The molecule has 0 saturated carbocycles. The average Bonchev–Trinajstić information content (AvgIpc) is 2.97. The lowest BCUT2D eigenvalue weighted by Gasteiger charge is -2.20. The zero-order valence-electron chi connectivity index (χ0n) is 11.5. The molecule has 0 radical (unpaired) electrons. The van der Waals surface area contributed by atoms with Crippen LogP contribution in [0.15, 0.2) is 54.9 Å². The van der Waals surface area contributed by atoms with E-state index in [4.69, 9.17) is 4.74 Å². The molecular weight excluding hydrogens is 266 g/mol. The smallest absolute Gasteiger partial charge is 0.319 e. The number of amides is 2. The van der Waals surface area contributed by atoms with Gasteiger partial charge in [-0.1, -0.05) is 30.3 Å². The maximum absolute atomic E-state index is 12.0. The van der Waals surface area contributed by atoms with Crippen LogP contribution in [0.1, 0.15) is 18.1 Å². The van der Waals surface area contributed by atoms with Gasteiger partial charge < -0.3 is 15.4 Å². The van der Waals surface area contributed by atoms with Gasteiger partial charge in [0.2, 0.25) is 0 Å². The second kappa shape index (κ2) is 6.37. The zero-order valence-corrected chi connectivity index (χ0v) is 11.5. The number of benzene rings is 1. The second-order valence-electron chi connectivity index (χ2n) is 4.94. The summed E-state index contributed by atoms with van der Waals surface area (Å²) < 4.78 is 5.75. The Kier molecular flexibility index (Phi) is 4.12. The Bertz CT molecular complexity index is 589. The van der Waals surface area contributed by atoms with Gasteiger partial charge in [-0.25, -0.2) is 4.79 Å². The molecule has 2 atom stereocenters. The van der Waals surface area contributed by atoms with Gasteiger partial charge in [-0.05, 0) is 24.1 Å². The SMILES string of the molecule is O=C(Nc1cccnc1)N[C@@H]1CCO[C@@H]1c1ccccc1. The van der Waals surface area contributed by atoms with Crippen LogP contribution in [-0.4, -0.2) is 23.7 Å². The van der Waals surface area contributed by atoms with Gasteiger partial charge in [0, 0.05) is 12.8 Å². The monoisotopic (exact) mass is 283 g/mol. The molecule has 2 N–H and O–H groups in total. The molecule has 5 nitrogen and oxygen atoms in total. The van der Waals surface area contributed by atoms with Gasteiger partial charge in [0.15, 0.2) is 0 Å². The van der Waals surface area contributed by atoms with E-state index < -0.39 is 0 Å². The first-order valence-electron chi connectivity index (χ1n) is 6.97. The summed E-state index contributed by atoms with van der Waals surface area (Å²) in [5.74, 6) is 0. The zero-order chi connectivity index (χ0) is 14.5. The first kappa shape index (κ1) is 13.6. The highest BCUT2D eigenvalue weighted by Crippen LogP contribution is 2.28. The third kappa shape index (κ3) is 3.38. The Hall–Kier alpha value is -2.40. The van der Waals surface area contributed by atoms with Crippen molar-refractivity contribution in [2.45, 2.75) is 18.6 Å². The number of nitrogens with one attached hydrogen (secondary N) is 2. The molecule has 1 fully saturated rings. The van der Waals surface area contributed by atoms with E-state index in [0.717, 1.165) is 12.0 Å². The maximum Gasteiger partial charge on any atom is 0.319 e. The predicted molar refractivity (Wildman–Crippen MR) is 79.9 cm³/mol. The Morgan fingerprint density at radius 1 is 1.19 bits per heavy atom. The molecule has 2 amide bonds. The molecule has 0 aliphatic carbocycles. The van der Waals surface area contributed by atoms with Gasteiger partial charge in [0.1, 0.15) is 6.10 Å². The van der Waals surface area contributed by atoms with Crippen LogP contribution in [0.25, 0.3) is 0 Å². The maximum atomic E-state index is 12.0. The number of hydrogen-bond donors (Lipinski definition) is 2. The van der Waals surface area contributed by atoms with E-state index in [2.05, 4.69) is 15.6 Å². The third-order valence-electron chi connectivity index (χ3n) is 3.46. The van der Waals surface area contributed by atoms with E-state index in [1.54, 1.807) is 24.5 Å². The standard InChI is InChI=1S/C16H17N3O2/c20-16(18-13-7-4-9-17-11-13)19-14-8-10-21-15(14)12-5-2-1-3-6-12/h1-7,9,11,14-15H,8,10H2,(H2,18,19,20)/t14-,15-/m1/s1. The molecule has 0 unspecified atom stereocenters. The van der Waals surface area contributed by atoms with E-state index >= 15 is 0 Å². The summed E-state index contributed by atoms with van der Waals surface area (Å²) >= 11 is 0. The van der Waals surface area contributed by atoms with E-state index in [9.17, 15) is 4.79 Å². The lowest BCUT2D eigenvalue weighted by Crippen LogP contribution is -2.39. The summed E-state index contributed by atoms with van der Waals surface area (Å²) in [6.07, 6.45) is 3.99. The lowest BCUT2D eigenvalue weighted by molar-refractivity contribution is 0.100. The quantitative estimate of drug-likeness (QED) is 0.910. The Labute approximate surface area is 123 Å². The van der Waals surface area contributed by atoms with Crippen molar-refractivity contribution in [3.8, 4) is 0 Å². The predicted octanol–water partition coefficient (Wildman–Crippen LogP) is 2.73. The Morgan fingerprint density at radius 3 is 2.81 bits per heavy atom. The van der Waals surface area contributed by atoms with Crippen LogP contribution in [0, 0.1) is 0 Å². The molecule has 1 aliphatic heterocycles. The number of pyridine rings is 1. The number of ether oxygens (including phenoxy) is 1. The molecule has 108 valence electrons. The fraction of sp³-hybridized carbons (Fsp3) is 0.250. The summed E-state index contributed by atoms with van der Waals surface area (Å²) in [6.45, 7) is 0.650. The summed E-state index contributed by atoms with van der Waals surface area (Å²) in [6, 6.07) is 13.3. The van der Waals surface area contributed by atoms with Crippen LogP contribution in [0.5, 0.6) is 0 Å². The van der Waals surface area contributed by atoms with Crippen LogP contribution in [0.3, 0.4) is 0 Å². The number of anilines is 1. The van der Waals surface area contributed by atoms with Gasteiger partial charge in [-0.3, -0.25) is 4.98 Å². The van der Waals surface area contributed by atoms with E-state index in [1.165, 1.54) is 0 Å². The highest BCUT2D eigenvalue weighted by atomic mass is 16.5. The number of rotatable bonds is 3. The summed E-state index contributed by atoms with van der Waals surface area (Å²) in [5.41, 5.74) is 1.76. The fourth-order valence-electron chi connectivity index (χ4n) is 2.48. The number of carbonyl (C=O) groups excluding carboxylic acids is 1. The van der Waals surface area contributed by atoms with Crippen molar-refractivity contribution in [1.82, 2.24) is 10.3 Å². The first-order valence-corrected chi connectivity index (χ1v) is 6.97. The van der Waals surface area contributed by atoms with Gasteiger partial charge in [0.25, 0.3) is 0 Å². The minimum atomic E-state index is -0.237. The van der Waals surface area contributed by atoms with Crippen molar-refractivity contribution in [3.05, 3.63) is 60.4 Å². The van der Waals surface area contributed by atoms with Crippen LogP contribution in [0.4, 0.5) is 10.5 Å². The second-order valence-corrected chi connectivity index (χ2v) is 4.94. The fourth-order valence-corrected chi connectivity index (χ4v) is 2.48. The molecule has 0 bridgehead atoms. The van der Waals surface area contributed by atoms with Crippen molar-refractivity contribution >= 4 is 11.7 Å². The molecule has 1 aliphatic rings. The number of urea groups is 1. The molecule has 1 saturated heterocycles. The molecular formula is C16H17N3O2. The van der Waals surface area contributed by atoms with Crippen molar-refractivity contribution in [1.29, 1.82) is 0 Å². The number of carbonyl (C=O) groups is 1. The molecule has 1 aromatic heterocycles. The number of aromatic nitrogens is 1. The summed E-state index contributed by atoms with van der Waals surface area (Å²) in [7, 11) is 0. The molecule has 2 heterocycles. The van der Waals surface area contributed by atoms with Crippen molar-refractivity contribution in [3.63, 3.8) is 0 Å². The van der Waals surface area contributed by atoms with Crippen LogP contribution in [0.2, 0.25) is 0 Å². The molecule has 5 heteroatoms. The summed E-state index contributed by atoms with van der Waals surface area (Å²) in [4.78, 5) is 16.0. The van der Waals surface area contributed by atoms with E-state index in [0.29, 0.717) is 12.3 Å². The van der Waals surface area contributed by atoms with Gasteiger partial charge >= 0.3 is 6.03 Å². The Balaban J connectivity index is 1.62. The number of hydrogen-bond acceptors (Lipinski definition) is 3. The van der Waals surface area contributed by atoms with Crippen LogP contribution < -0.4 is 10.6 Å². The summed E-state index contributed by atoms with van der Waals surface area (Å²) in [5, 5.41) is 5.75. The van der Waals surface area contributed by atoms with Gasteiger partial charge in [-0.2, -0.15) is 0 Å². The molecule has 3 rings (SSSR count). The van der Waals surface area contributed by atoms with E-state index in [-0.39, 0.29) is 18.2 Å². The lowest BCUT2D eigenvalue weighted by atomic mass is 10.0. The van der Waals surface area contributed by atoms with Crippen molar-refractivity contribution in [2.24, 2.45) is 0 Å². The topological polar surface area (TPSA) is 63.2 Å². The van der Waals surface area contributed by atoms with Gasteiger partial charge in [-0.15, -0.1) is 0 Å². The average molecular weight is 283 g/mol. The molecule has 21 heavy (non-hydrogen) atoms. The third-order valence-corrected chi connectivity index (χ3v) is 3.46. The largest absolute Gasteiger partial charge is 0.371 e. The number of nitrogens with zero attached hydrogens (tertiary/aromatic N) is 1. The van der Waals surface area contributed by atoms with Gasteiger partial charge in [0.05, 0.1) is 17.9 Å². The first-order chi connectivity index (χ1) is 10.3. The van der Waals surface area contributed by atoms with E-state index in [1.807, 2.05) is 30.3 Å². The van der Waals surface area contributed by atoms with Crippen molar-refractivity contribution < 1.29 is 9.53 Å².